The Morgan fingerprint density at radius 1 is 0.917 bits per heavy atom. The highest BCUT2D eigenvalue weighted by atomic mass is 35.5. The number of hydrogen-bond acceptors (Lipinski definition) is 3. The van der Waals surface area contributed by atoms with Crippen molar-refractivity contribution in [3.8, 4) is 5.75 Å². The average molecular weight is 363 g/mol. The van der Waals surface area contributed by atoms with Crippen LogP contribution in [0.2, 0.25) is 5.02 Å². The molecular weight excluding hydrogens is 345 g/mol. The molecular formula is C19H18Cl2NO2-. The van der Waals surface area contributed by atoms with Gasteiger partial charge in [0.2, 0.25) is 0 Å². The summed E-state index contributed by atoms with van der Waals surface area (Å²) in [5.41, 5.74) is 2.21. The Morgan fingerprint density at radius 3 is 2.46 bits per heavy atom. The molecule has 3 rings (SSSR count). The highest BCUT2D eigenvalue weighted by Crippen LogP contribution is 2.20. The maximum Gasteiger partial charge on any atom is 0.124 e. The van der Waals surface area contributed by atoms with Gasteiger partial charge in [-0.15, -0.1) is 0 Å². The maximum atomic E-state index is 5.94. The highest BCUT2D eigenvalue weighted by Gasteiger charge is 2.04. The first-order chi connectivity index (χ1) is 11.3. The zero-order valence-electron chi connectivity index (χ0n) is 13.0. The Bertz CT molecular complexity index is 727. The molecule has 0 aliphatic carbocycles. The molecule has 0 aliphatic heterocycles. The minimum Gasteiger partial charge on any atom is -1.00 e. The number of benzene rings is 2. The van der Waals surface area contributed by atoms with E-state index in [1.165, 1.54) is 0 Å². The van der Waals surface area contributed by atoms with Crippen molar-refractivity contribution in [1.82, 2.24) is 5.32 Å². The summed E-state index contributed by atoms with van der Waals surface area (Å²) in [5.74, 6) is 1.80. The molecule has 1 aromatic heterocycles. The van der Waals surface area contributed by atoms with Crippen molar-refractivity contribution < 1.29 is 21.6 Å². The molecule has 3 aromatic rings. The summed E-state index contributed by atoms with van der Waals surface area (Å²) in [6.07, 6.45) is 1.68. The summed E-state index contributed by atoms with van der Waals surface area (Å²) in [4.78, 5) is 0. The molecule has 0 spiro atoms. The van der Waals surface area contributed by atoms with Crippen LogP contribution in [0.1, 0.15) is 16.9 Å². The van der Waals surface area contributed by atoms with Crippen molar-refractivity contribution >= 4 is 11.6 Å². The van der Waals surface area contributed by atoms with Crippen molar-refractivity contribution in [3.63, 3.8) is 0 Å². The summed E-state index contributed by atoms with van der Waals surface area (Å²) in [7, 11) is 0. The summed E-state index contributed by atoms with van der Waals surface area (Å²) < 4.78 is 11.3. The lowest BCUT2D eigenvalue weighted by molar-refractivity contribution is -0.00000538. The van der Waals surface area contributed by atoms with Crippen molar-refractivity contribution in [3.05, 3.63) is 88.8 Å². The predicted molar refractivity (Wildman–Crippen MR) is 91.5 cm³/mol. The van der Waals surface area contributed by atoms with E-state index in [4.69, 9.17) is 20.8 Å². The summed E-state index contributed by atoms with van der Waals surface area (Å²) in [5, 5.41) is 4.09. The highest BCUT2D eigenvalue weighted by molar-refractivity contribution is 6.30. The normalized spacial score (nSPS) is 10.2. The van der Waals surface area contributed by atoms with Crippen molar-refractivity contribution in [2.75, 3.05) is 0 Å². The minimum atomic E-state index is 0. The predicted octanol–water partition coefficient (Wildman–Crippen LogP) is 1.81. The molecule has 0 bridgehead atoms. The quantitative estimate of drug-likeness (QED) is 0.695. The molecule has 3 nitrogen and oxygen atoms in total. The molecule has 0 radical (unpaired) electrons. The van der Waals surface area contributed by atoms with Crippen LogP contribution >= 0.6 is 11.6 Å². The van der Waals surface area contributed by atoms with E-state index in [1.54, 1.807) is 6.26 Å². The van der Waals surface area contributed by atoms with Crippen LogP contribution in [0.5, 0.6) is 5.75 Å². The third kappa shape index (κ3) is 5.31. The fraction of sp³-hybridized carbons (Fsp3) is 0.158. The first kappa shape index (κ1) is 18.4. The summed E-state index contributed by atoms with van der Waals surface area (Å²) in [6.45, 7) is 1.93. The molecule has 24 heavy (non-hydrogen) atoms. The first-order valence-electron chi connectivity index (χ1n) is 7.49. The first-order valence-corrected chi connectivity index (χ1v) is 7.87. The fourth-order valence-electron chi connectivity index (χ4n) is 2.27. The second-order valence-corrected chi connectivity index (χ2v) is 5.64. The van der Waals surface area contributed by atoms with Crippen molar-refractivity contribution in [1.29, 1.82) is 0 Å². The zero-order chi connectivity index (χ0) is 15.9. The number of halogens is 2. The molecule has 1 heterocycles. The van der Waals surface area contributed by atoms with Gasteiger partial charge in [0.1, 0.15) is 18.1 Å². The lowest BCUT2D eigenvalue weighted by Crippen LogP contribution is -3.00. The SMILES string of the molecule is Clc1ccc(COc2ccccc2CNCc2ccco2)cc1.[Cl-]. The van der Waals surface area contributed by atoms with Gasteiger partial charge in [-0.25, -0.2) is 0 Å². The van der Waals surface area contributed by atoms with Crippen LogP contribution in [0.25, 0.3) is 0 Å². The largest absolute Gasteiger partial charge is 1.00 e. The Labute approximate surface area is 153 Å². The number of rotatable bonds is 7. The molecule has 0 fully saturated rings. The van der Waals surface area contributed by atoms with Gasteiger partial charge in [0.05, 0.1) is 12.8 Å². The van der Waals surface area contributed by atoms with Crippen LogP contribution in [0, 0.1) is 0 Å². The maximum absolute atomic E-state index is 5.94. The van der Waals surface area contributed by atoms with E-state index in [0.29, 0.717) is 13.2 Å². The minimum absolute atomic E-state index is 0. The third-order valence-electron chi connectivity index (χ3n) is 3.47. The second kappa shape index (κ2) is 9.38. The smallest absolute Gasteiger partial charge is 0.124 e. The molecule has 0 unspecified atom stereocenters. The van der Waals surface area contributed by atoms with E-state index in [2.05, 4.69) is 11.4 Å². The number of para-hydroxylation sites is 1. The third-order valence-corrected chi connectivity index (χ3v) is 3.73. The van der Waals surface area contributed by atoms with Crippen LogP contribution in [0.4, 0.5) is 0 Å². The molecule has 0 amide bonds. The van der Waals surface area contributed by atoms with Gasteiger partial charge in [-0.1, -0.05) is 41.9 Å². The van der Waals surface area contributed by atoms with Crippen LogP contribution in [-0.2, 0) is 19.7 Å². The molecule has 126 valence electrons. The van der Waals surface area contributed by atoms with E-state index in [-0.39, 0.29) is 12.4 Å². The number of hydrogen-bond donors (Lipinski definition) is 1. The summed E-state index contributed by atoms with van der Waals surface area (Å²) >= 11 is 5.90. The Morgan fingerprint density at radius 2 is 1.71 bits per heavy atom. The van der Waals surface area contributed by atoms with Crippen molar-refractivity contribution in [2.24, 2.45) is 0 Å². The van der Waals surface area contributed by atoms with E-state index < -0.39 is 0 Å². The van der Waals surface area contributed by atoms with Gasteiger partial charge in [-0.2, -0.15) is 0 Å². The molecule has 5 heteroatoms. The van der Waals surface area contributed by atoms with Gasteiger partial charge >= 0.3 is 0 Å². The fourth-order valence-corrected chi connectivity index (χ4v) is 2.39. The number of furan rings is 1. The zero-order valence-corrected chi connectivity index (χ0v) is 14.6. The Kier molecular flexibility index (Phi) is 7.19. The average Bonchev–Trinajstić information content (AvgIpc) is 3.09. The van der Waals surface area contributed by atoms with Gasteiger partial charge in [0.25, 0.3) is 0 Å². The number of nitrogens with one attached hydrogen (secondary N) is 1. The van der Waals surface area contributed by atoms with E-state index in [0.717, 1.165) is 34.2 Å². The van der Waals surface area contributed by atoms with Crippen LogP contribution in [-0.4, -0.2) is 0 Å². The van der Waals surface area contributed by atoms with Crippen LogP contribution in [0.3, 0.4) is 0 Å². The topological polar surface area (TPSA) is 34.4 Å². The Balaban J connectivity index is 0.00000208. The molecule has 0 atom stereocenters. The van der Waals surface area contributed by atoms with Crippen LogP contribution < -0.4 is 22.5 Å². The van der Waals surface area contributed by atoms with E-state index in [1.807, 2.05) is 54.6 Å². The molecule has 0 aliphatic rings. The molecule has 0 saturated carbocycles. The summed E-state index contributed by atoms with van der Waals surface area (Å²) in [6, 6.07) is 19.6. The number of ether oxygens (including phenoxy) is 1. The monoisotopic (exact) mass is 362 g/mol. The van der Waals surface area contributed by atoms with Gasteiger partial charge in [-0.3, -0.25) is 0 Å². The van der Waals surface area contributed by atoms with Crippen molar-refractivity contribution in [2.45, 2.75) is 19.7 Å². The standard InChI is InChI=1S/C19H18ClNO2.ClH/c20-17-9-7-15(8-10-17)14-23-19-6-2-1-4-16(19)12-21-13-18-5-3-11-22-18;/h1-11,21H,12-14H2;1H/p-1. The lowest BCUT2D eigenvalue weighted by atomic mass is 10.2. The van der Waals surface area contributed by atoms with E-state index >= 15 is 0 Å². The molecule has 0 saturated heterocycles. The molecule has 1 N–H and O–H groups in total. The molecule has 2 aromatic carbocycles. The van der Waals surface area contributed by atoms with Gasteiger partial charge in [-0.05, 0) is 35.9 Å². The van der Waals surface area contributed by atoms with Gasteiger partial charge in [0, 0.05) is 17.1 Å². The second-order valence-electron chi connectivity index (χ2n) is 5.21. The van der Waals surface area contributed by atoms with Crippen LogP contribution in [0.15, 0.2) is 71.3 Å². The van der Waals surface area contributed by atoms with Gasteiger partial charge in [0.15, 0.2) is 0 Å². The van der Waals surface area contributed by atoms with Gasteiger partial charge < -0.3 is 26.9 Å². The lowest BCUT2D eigenvalue weighted by Gasteiger charge is -2.12. The van der Waals surface area contributed by atoms with E-state index in [9.17, 15) is 0 Å². The Hall–Kier alpha value is -1.94.